The fourth-order valence-corrected chi connectivity index (χ4v) is 5.06. The van der Waals surface area contributed by atoms with E-state index in [1.165, 1.54) is 17.6 Å². The predicted molar refractivity (Wildman–Crippen MR) is 102 cm³/mol. The maximum Gasteiger partial charge on any atom is 0.265 e. The standard InChI is InChI=1S/C18H20N2O5S.ClH/c21-17(20-22)18(10-12-19-13-11-18)26(23,24)16-8-6-15(7-9-16)25-14-4-2-1-3-5-14;/h1-9,19,22H,10-13H2,(H,20,21);1H. The van der Waals surface area contributed by atoms with Crippen molar-refractivity contribution in [2.75, 3.05) is 13.1 Å². The number of hydrogen-bond donors (Lipinski definition) is 3. The number of carbonyl (C=O) groups is 1. The first-order chi connectivity index (χ1) is 12.5. The first kappa shape index (κ1) is 21.2. The maximum absolute atomic E-state index is 13.1. The molecule has 1 saturated heterocycles. The van der Waals surface area contributed by atoms with E-state index in [9.17, 15) is 13.2 Å². The Morgan fingerprint density at radius 2 is 1.56 bits per heavy atom. The highest BCUT2D eigenvalue weighted by atomic mass is 35.5. The zero-order chi connectivity index (χ0) is 18.6. The zero-order valence-electron chi connectivity index (χ0n) is 14.4. The molecule has 1 heterocycles. The topological polar surface area (TPSA) is 105 Å². The Morgan fingerprint density at radius 1 is 1.00 bits per heavy atom. The van der Waals surface area contributed by atoms with Crippen molar-refractivity contribution in [1.82, 2.24) is 10.8 Å². The lowest BCUT2D eigenvalue weighted by Gasteiger charge is -2.34. The molecule has 1 fully saturated rings. The third-order valence-corrected chi connectivity index (χ3v) is 7.07. The largest absolute Gasteiger partial charge is 0.457 e. The highest BCUT2D eigenvalue weighted by molar-refractivity contribution is 7.93. The van der Waals surface area contributed by atoms with Crippen LogP contribution in [-0.2, 0) is 14.6 Å². The zero-order valence-corrected chi connectivity index (χ0v) is 16.1. The van der Waals surface area contributed by atoms with Gasteiger partial charge in [-0.2, -0.15) is 0 Å². The maximum atomic E-state index is 13.1. The number of hydrogen-bond acceptors (Lipinski definition) is 6. The van der Waals surface area contributed by atoms with Crippen molar-refractivity contribution in [2.45, 2.75) is 22.5 Å². The Hall–Kier alpha value is -2.13. The highest BCUT2D eigenvalue weighted by Gasteiger charge is 2.51. The van der Waals surface area contributed by atoms with Gasteiger partial charge >= 0.3 is 0 Å². The number of para-hydroxylation sites is 1. The third-order valence-electron chi connectivity index (χ3n) is 4.55. The van der Waals surface area contributed by atoms with Crippen molar-refractivity contribution in [1.29, 1.82) is 0 Å². The first-order valence-corrected chi connectivity index (χ1v) is 9.71. The molecule has 1 aliphatic heterocycles. The molecule has 0 aromatic heterocycles. The van der Waals surface area contributed by atoms with Gasteiger partial charge in [0.2, 0.25) is 0 Å². The number of sulfone groups is 1. The van der Waals surface area contributed by atoms with Gasteiger partial charge in [-0.1, -0.05) is 18.2 Å². The molecule has 1 amide bonds. The van der Waals surface area contributed by atoms with E-state index in [4.69, 9.17) is 9.94 Å². The molecule has 0 atom stereocenters. The smallest absolute Gasteiger partial charge is 0.265 e. The summed E-state index contributed by atoms with van der Waals surface area (Å²) in [5.74, 6) is 0.224. The van der Waals surface area contributed by atoms with Crippen molar-refractivity contribution in [3.05, 3.63) is 54.6 Å². The second kappa shape index (κ2) is 8.71. The molecule has 27 heavy (non-hydrogen) atoms. The lowest BCUT2D eigenvalue weighted by atomic mass is 9.96. The summed E-state index contributed by atoms with van der Waals surface area (Å²) in [4.78, 5) is 12.2. The van der Waals surface area contributed by atoms with Gasteiger partial charge in [0.25, 0.3) is 5.91 Å². The number of halogens is 1. The van der Waals surface area contributed by atoms with Gasteiger partial charge in [0.1, 0.15) is 11.5 Å². The van der Waals surface area contributed by atoms with Crippen molar-refractivity contribution in [2.24, 2.45) is 0 Å². The van der Waals surface area contributed by atoms with Crippen LogP contribution in [0.3, 0.4) is 0 Å². The van der Waals surface area contributed by atoms with Crippen LogP contribution < -0.4 is 15.5 Å². The lowest BCUT2D eigenvalue weighted by Crippen LogP contribution is -2.57. The van der Waals surface area contributed by atoms with E-state index < -0.39 is 20.5 Å². The Bertz CT molecular complexity index is 866. The number of rotatable bonds is 5. The quantitative estimate of drug-likeness (QED) is 0.514. The molecule has 146 valence electrons. The molecule has 0 bridgehead atoms. The number of carbonyl (C=O) groups excluding carboxylic acids is 1. The van der Waals surface area contributed by atoms with Gasteiger partial charge in [0, 0.05) is 0 Å². The first-order valence-electron chi connectivity index (χ1n) is 8.22. The van der Waals surface area contributed by atoms with E-state index in [1.54, 1.807) is 24.3 Å². The van der Waals surface area contributed by atoms with Crippen LogP contribution in [0.15, 0.2) is 59.5 Å². The molecule has 3 rings (SSSR count). The van der Waals surface area contributed by atoms with Crippen LogP contribution in [0.25, 0.3) is 0 Å². The molecule has 2 aromatic rings. The molecule has 0 unspecified atom stereocenters. The van der Waals surface area contributed by atoms with E-state index in [1.807, 2.05) is 18.2 Å². The highest BCUT2D eigenvalue weighted by Crippen LogP contribution is 2.35. The fraction of sp³-hybridized carbons (Fsp3) is 0.278. The molecule has 0 spiro atoms. The molecule has 7 nitrogen and oxygen atoms in total. The van der Waals surface area contributed by atoms with E-state index >= 15 is 0 Å². The minimum Gasteiger partial charge on any atom is -0.457 e. The molecule has 3 N–H and O–H groups in total. The van der Waals surface area contributed by atoms with Crippen molar-refractivity contribution in [3.8, 4) is 11.5 Å². The van der Waals surface area contributed by atoms with E-state index in [2.05, 4.69) is 5.32 Å². The second-order valence-electron chi connectivity index (χ2n) is 6.08. The van der Waals surface area contributed by atoms with Crippen molar-refractivity contribution in [3.63, 3.8) is 0 Å². The molecule has 0 radical (unpaired) electrons. The monoisotopic (exact) mass is 412 g/mol. The summed E-state index contributed by atoms with van der Waals surface area (Å²) in [6.07, 6.45) is 0.175. The summed E-state index contributed by atoms with van der Waals surface area (Å²) >= 11 is 0. The number of amides is 1. The average molecular weight is 413 g/mol. The van der Waals surface area contributed by atoms with Crippen LogP contribution >= 0.6 is 12.4 Å². The molecular weight excluding hydrogens is 392 g/mol. The van der Waals surface area contributed by atoms with Gasteiger partial charge < -0.3 is 10.1 Å². The van der Waals surface area contributed by atoms with Crippen LogP contribution in [-0.4, -0.2) is 37.4 Å². The number of ether oxygens (including phenoxy) is 1. The van der Waals surface area contributed by atoms with Gasteiger partial charge in [-0.15, -0.1) is 12.4 Å². The molecule has 9 heteroatoms. The normalized spacial score (nSPS) is 16.0. The minimum absolute atomic E-state index is 0. The molecule has 0 aliphatic carbocycles. The number of piperidine rings is 1. The molecule has 0 saturated carbocycles. The van der Waals surface area contributed by atoms with Gasteiger partial charge in [-0.05, 0) is 62.3 Å². The van der Waals surface area contributed by atoms with E-state index in [0.29, 0.717) is 24.6 Å². The van der Waals surface area contributed by atoms with Crippen LogP contribution in [0, 0.1) is 0 Å². The number of benzene rings is 2. The molecule has 1 aliphatic rings. The van der Waals surface area contributed by atoms with Crippen LogP contribution in [0.2, 0.25) is 0 Å². The van der Waals surface area contributed by atoms with Gasteiger partial charge in [-0.3, -0.25) is 10.0 Å². The van der Waals surface area contributed by atoms with E-state index in [0.717, 1.165) is 0 Å². The SMILES string of the molecule is Cl.O=C(NO)C1(S(=O)(=O)c2ccc(Oc3ccccc3)cc2)CCNCC1. The minimum atomic E-state index is -3.99. The third kappa shape index (κ3) is 4.08. The summed E-state index contributed by atoms with van der Waals surface area (Å²) in [7, 11) is -3.99. The molecular formula is C18H21ClN2O5S. The lowest BCUT2D eigenvalue weighted by molar-refractivity contribution is -0.132. The molecule has 2 aromatic carbocycles. The van der Waals surface area contributed by atoms with Crippen molar-refractivity contribution < 1.29 is 23.2 Å². The Kier molecular flexibility index (Phi) is 6.83. The van der Waals surface area contributed by atoms with Crippen LogP contribution in [0.4, 0.5) is 0 Å². The second-order valence-corrected chi connectivity index (χ2v) is 8.33. The van der Waals surface area contributed by atoms with Gasteiger partial charge in [-0.25, -0.2) is 13.9 Å². The summed E-state index contributed by atoms with van der Waals surface area (Å²) in [6, 6.07) is 15.1. The summed E-state index contributed by atoms with van der Waals surface area (Å²) in [6.45, 7) is 0.754. The van der Waals surface area contributed by atoms with Crippen molar-refractivity contribution >= 4 is 28.2 Å². The average Bonchev–Trinajstić information content (AvgIpc) is 2.69. The Labute approximate surface area is 164 Å². The Morgan fingerprint density at radius 3 is 2.11 bits per heavy atom. The number of hydroxylamine groups is 1. The number of nitrogens with one attached hydrogen (secondary N) is 2. The van der Waals surface area contributed by atoms with E-state index in [-0.39, 0.29) is 30.1 Å². The van der Waals surface area contributed by atoms with Crippen LogP contribution in [0.5, 0.6) is 11.5 Å². The van der Waals surface area contributed by atoms with Crippen LogP contribution in [0.1, 0.15) is 12.8 Å². The Balaban J connectivity index is 0.00000261. The van der Waals surface area contributed by atoms with Gasteiger partial charge in [0.15, 0.2) is 14.6 Å². The summed E-state index contributed by atoms with van der Waals surface area (Å²) in [5, 5.41) is 12.1. The summed E-state index contributed by atoms with van der Waals surface area (Å²) in [5.41, 5.74) is 1.52. The summed E-state index contributed by atoms with van der Waals surface area (Å²) < 4.78 is 30.3. The fourth-order valence-electron chi connectivity index (χ4n) is 3.09. The van der Waals surface area contributed by atoms with Gasteiger partial charge in [0.05, 0.1) is 4.90 Å². The predicted octanol–water partition coefficient (Wildman–Crippen LogP) is 2.30.